The van der Waals surface area contributed by atoms with E-state index in [2.05, 4.69) is 37.4 Å². The summed E-state index contributed by atoms with van der Waals surface area (Å²) in [6.07, 6.45) is 2.40. The van der Waals surface area contributed by atoms with E-state index in [1.54, 1.807) is 0 Å². The van der Waals surface area contributed by atoms with E-state index in [-0.39, 0.29) is 0 Å². The molecule has 0 aliphatic carbocycles. The van der Waals surface area contributed by atoms with Gasteiger partial charge >= 0.3 is 0 Å². The summed E-state index contributed by atoms with van der Waals surface area (Å²) in [7, 11) is 0. The minimum atomic E-state index is 0.420. The molecular weight excluding hydrogens is 196 g/mol. The molecule has 2 heteroatoms. The summed E-state index contributed by atoms with van der Waals surface area (Å²) in [5.74, 6) is 0. The molecule has 1 heterocycles. The molecule has 1 N–H and O–H groups in total. The molecule has 16 heavy (non-hydrogen) atoms. The van der Waals surface area contributed by atoms with E-state index in [1.165, 1.54) is 18.4 Å². The van der Waals surface area contributed by atoms with Crippen LogP contribution >= 0.6 is 0 Å². The Hall–Kier alpha value is -1.33. The van der Waals surface area contributed by atoms with Gasteiger partial charge < -0.3 is 5.32 Å². The summed E-state index contributed by atoms with van der Waals surface area (Å²) in [5.41, 5.74) is 2.45. The van der Waals surface area contributed by atoms with Gasteiger partial charge in [-0.1, -0.05) is 26.0 Å². The average molecular weight is 214 g/mol. The normalized spacial score (nSPS) is 23.7. The summed E-state index contributed by atoms with van der Waals surface area (Å²) < 4.78 is 0. The van der Waals surface area contributed by atoms with Crippen molar-refractivity contribution in [3.05, 3.63) is 35.4 Å². The highest BCUT2D eigenvalue weighted by Crippen LogP contribution is 2.36. The molecule has 0 unspecified atom stereocenters. The van der Waals surface area contributed by atoms with E-state index in [4.69, 9.17) is 5.26 Å². The third kappa shape index (κ3) is 2.43. The van der Waals surface area contributed by atoms with Crippen molar-refractivity contribution in [2.45, 2.75) is 32.7 Å². The summed E-state index contributed by atoms with van der Waals surface area (Å²) in [6, 6.07) is 10.5. The zero-order valence-electron chi connectivity index (χ0n) is 9.96. The van der Waals surface area contributed by atoms with Gasteiger partial charge in [0, 0.05) is 6.04 Å². The van der Waals surface area contributed by atoms with Crippen molar-refractivity contribution in [2.24, 2.45) is 5.41 Å². The topological polar surface area (TPSA) is 35.8 Å². The number of hydrogen-bond donors (Lipinski definition) is 1. The van der Waals surface area contributed by atoms with Crippen molar-refractivity contribution < 1.29 is 0 Å². The van der Waals surface area contributed by atoms with E-state index < -0.39 is 0 Å². The second-order valence-electron chi connectivity index (χ2n) is 5.36. The molecule has 2 nitrogen and oxygen atoms in total. The van der Waals surface area contributed by atoms with Gasteiger partial charge in [-0.15, -0.1) is 0 Å². The van der Waals surface area contributed by atoms with Crippen LogP contribution in [0.5, 0.6) is 0 Å². The highest BCUT2D eigenvalue weighted by atomic mass is 14.9. The van der Waals surface area contributed by atoms with Crippen LogP contribution in [0.4, 0.5) is 0 Å². The first-order valence-electron chi connectivity index (χ1n) is 5.84. The average Bonchev–Trinajstić information content (AvgIpc) is 2.28. The van der Waals surface area contributed by atoms with Crippen LogP contribution in [0.25, 0.3) is 0 Å². The number of nitrogens with zero attached hydrogens (tertiary/aromatic N) is 1. The predicted molar refractivity (Wildman–Crippen MR) is 64.9 cm³/mol. The van der Waals surface area contributed by atoms with E-state index in [0.717, 1.165) is 12.1 Å². The maximum atomic E-state index is 8.76. The molecule has 0 radical (unpaired) electrons. The van der Waals surface area contributed by atoms with Gasteiger partial charge in [-0.3, -0.25) is 0 Å². The molecule has 1 saturated heterocycles. The first-order valence-corrected chi connectivity index (χ1v) is 5.84. The largest absolute Gasteiger partial charge is 0.310 e. The van der Waals surface area contributed by atoms with Crippen LogP contribution in [0.15, 0.2) is 24.3 Å². The highest BCUT2D eigenvalue weighted by Gasteiger charge is 2.28. The molecule has 2 rings (SSSR count). The van der Waals surface area contributed by atoms with Crippen LogP contribution in [0.3, 0.4) is 0 Å². The van der Waals surface area contributed by atoms with Crippen molar-refractivity contribution in [3.63, 3.8) is 0 Å². The number of nitrogens with one attached hydrogen (secondary N) is 1. The molecule has 1 fully saturated rings. The summed E-state index contributed by atoms with van der Waals surface area (Å²) >= 11 is 0. The van der Waals surface area contributed by atoms with Crippen molar-refractivity contribution in [1.82, 2.24) is 5.32 Å². The van der Waals surface area contributed by atoms with Gasteiger partial charge in [0.15, 0.2) is 0 Å². The highest BCUT2D eigenvalue weighted by molar-refractivity contribution is 5.33. The van der Waals surface area contributed by atoms with Gasteiger partial charge in [-0.2, -0.15) is 5.26 Å². The Morgan fingerprint density at radius 2 is 2.00 bits per heavy atom. The fraction of sp³-hybridized carbons (Fsp3) is 0.500. The third-order valence-corrected chi connectivity index (χ3v) is 3.39. The van der Waals surface area contributed by atoms with E-state index in [9.17, 15) is 0 Å². The molecule has 84 valence electrons. The number of piperidine rings is 1. The van der Waals surface area contributed by atoms with Gasteiger partial charge in [0.1, 0.15) is 0 Å². The Bertz CT molecular complexity index is 398. The Morgan fingerprint density at radius 3 is 2.56 bits per heavy atom. The van der Waals surface area contributed by atoms with Crippen LogP contribution in [0.2, 0.25) is 0 Å². The number of nitriles is 1. The lowest BCUT2D eigenvalue weighted by atomic mass is 9.78. The van der Waals surface area contributed by atoms with Crippen LogP contribution in [0, 0.1) is 16.7 Å². The third-order valence-electron chi connectivity index (χ3n) is 3.39. The van der Waals surface area contributed by atoms with Crippen molar-refractivity contribution >= 4 is 0 Å². The number of rotatable bonds is 1. The summed E-state index contributed by atoms with van der Waals surface area (Å²) in [6.45, 7) is 5.73. The second-order valence-corrected chi connectivity index (χ2v) is 5.36. The molecule has 1 aliphatic heterocycles. The van der Waals surface area contributed by atoms with Gasteiger partial charge in [0.2, 0.25) is 0 Å². The molecular formula is C14H18N2. The zero-order chi connectivity index (χ0) is 11.6. The molecule has 0 bridgehead atoms. The minimum absolute atomic E-state index is 0.420. The Balaban J connectivity index is 2.15. The van der Waals surface area contributed by atoms with E-state index in [1.807, 2.05) is 12.1 Å². The molecule has 0 aromatic heterocycles. The Morgan fingerprint density at radius 1 is 1.31 bits per heavy atom. The lowest BCUT2D eigenvalue weighted by Crippen LogP contribution is -2.35. The van der Waals surface area contributed by atoms with Crippen LogP contribution in [0.1, 0.15) is 43.9 Å². The van der Waals surface area contributed by atoms with E-state index >= 15 is 0 Å². The van der Waals surface area contributed by atoms with Crippen molar-refractivity contribution in [3.8, 4) is 6.07 Å². The van der Waals surface area contributed by atoms with Gasteiger partial charge in [-0.25, -0.2) is 0 Å². The first kappa shape index (κ1) is 11.2. The summed E-state index contributed by atoms with van der Waals surface area (Å²) in [5, 5.41) is 12.3. The summed E-state index contributed by atoms with van der Waals surface area (Å²) in [4.78, 5) is 0. The maximum absolute atomic E-state index is 8.76. The lowest BCUT2D eigenvalue weighted by Gasteiger charge is -2.36. The SMILES string of the molecule is CC1(C)CCN[C@@H](c2ccc(C#N)cc2)C1. The molecule has 1 aliphatic rings. The standard InChI is InChI=1S/C14H18N2/c1-14(2)7-8-16-13(9-14)12-5-3-11(10-15)4-6-12/h3-6,13,16H,7-9H2,1-2H3/t13-/m1/s1. The van der Waals surface area contributed by atoms with Crippen LogP contribution in [-0.4, -0.2) is 6.54 Å². The fourth-order valence-corrected chi connectivity index (χ4v) is 2.34. The van der Waals surface area contributed by atoms with Gasteiger partial charge in [-0.05, 0) is 42.5 Å². The maximum Gasteiger partial charge on any atom is 0.0991 e. The monoisotopic (exact) mass is 214 g/mol. The van der Waals surface area contributed by atoms with Crippen molar-refractivity contribution in [2.75, 3.05) is 6.54 Å². The van der Waals surface area contributed by atoms with Gasteiger partial charge in [0.25, 0.3) is 0 Å². The Labute approximate surface area is 97.3 Å². The fourth-order valence-electron chi connectivity index (χ4n) is 2.34. The molecule has 1 atom stereocenters. The molecule has 0 amide bonds. The zero-order valence-corrected chi connectivity index (χ0v) is 9.96. The number of hydrogen-bond acceptors (Lipinski definition) is 2. The predicted octanol–water partition coefficient (Wildman–Crippen LogP) is 3.01. The van der Waals surface area contributed by atoms with Gasteiger partial charge in [0.05, 0.1) is 11.6 Å². The first-order chi connectivity index (χ1) is 7.61. The quantitative estimate of drug-likeness (QED) is 0.780. The number of benzene rings is 1. The second kappa shape index (κ2) is 4.27. The van der Waals surface area contributed by atoms with E-state index in [0.29, 0.717) is 11.5 Å². The van der Waals surface area contributed by atoms with Crippen LogP contribution < -0.4 is 5.32 Å². The van der Waals surface area contributed by atoms with Crippen LogP contribution in [-0.2, 0) is 0 Å². The Kier molecular flexibility index (Phi) is 2.98. The lowest BCUT2D eigenvalue weighted by molar-refractivity contribution is 0.210. The molecule has 0 spiro atoms. The minimum Gasteiger partial charge on any atom is -0.310 e. The molecule has 1 aromatic carbocycles. The van der Waals surface area contributed by atoms with Crippen molar-refractivity contribution in [1.29, 1.82) is 5.26 Å². The smallest absolute Gasteiger partial charge is 0.0991 e. The molecule has 0 saturated carbocycles. The molecule has 1 aromatic rings.